The Balaban J connectivity index is 3.13. The van der Waals surface area contributed by atoms with E-state index in [-0.39, 0.29) is 5.56 Å². The summed E-state index contributed by atoms with van der Waals surface area (Å²) in [6.07, 6.45) is 4.54. The summed E-state index contributed by atoms with van der Waals surface area (Å²) in [5.74, 6) is -1.05. The lowest BCUT2D eigenvalue weighted by molar-refractivity contribution is -0.189. The lowest BCUT2D eigenvalue weighted by atomic mass is 10.0. The maximum absolute atomic E-state index is 12.3. The van der Waals surface area contributed by atoms with Crippen molar-refractivity contribution in [3.05, 3.63) is 41.0 Å². The van der Waals surface area contributed by atoms with Crippen molar-refractivity contribution in [2.75, 3.05) is 0 Å². The van der Waals surface area contributed by atoms with E-state index in [1.165, 1.54) is 6.07 Å². The fourth-order valence-electron chi connectivity index (χ4n) is 1.49. The summed E-state index contributed by atoms with van der Waals surface area (Å²) in [4.78, 5) is 11.2. The number of amides is 1. The highest BCUT2D eigenvalue weighted by Gasteiger charge is 2.13. The van der Waals surface area contributed by atoms with Crippen LogP contribution in [0.4, 0.5) is 4.48 Å². The van der Waals surface area contributed by atoms with Crippen LogP contribution in [0.1, 0.15) is 35.3 Å². The predicted octanol–water partition coefficient (Wildman–Crippen LogP) is 3.00. The van der Waals surface area contributed by atoms with Gasteiger partial charge in [0.1, 0.15) is 0 Å². The van der Waals surface area contributed by atoms with Gasteiger partial charge in [0.2, 0.25) is 0 Å². The van der Waals surface area contributed by atoms with Gasteiger partial charge in [0.15, 0.2) is 0 Å². The standard InChI is InChI=1S/C12H14FNO2/c1-3-5-10-6-7-11(8-9(10)4-2)12(15)14(13)16/h3,5-8,16H,4H2,1-2H3. The lowest BCUT2D eigenvalue weighted by Gasteiger charge is -2.07. The minimum absolute atomic E-state index is 0.134. The van der Waals surface area contributed by atoms with E-state index in [1.807, 2.05) is 26.0 Å². The van der Waals surface area contributed by atoms with Crippen LogP contribution in [0.2, 0.25) is 0 Å². The third-order valence-corrected chi connectivity index (χ3v) is 2.28. The molecule has 0 spiro atoms. The summed E-state index contributed by atoms with van der Waals surface area (Å²) in [6, 6.07) is 4.80. The number of aryl methyl sites for hydroxylation is 1. The maximum atomic E-state index is 12.3. The van der Waals surface area contributed by atoms with Gasteiger partial charge in [0.05, 0.1) is 0 Å². The number of hydrogen-bond donors (Lipinski definition) is 1. The van der Waals surface area contributed by atoms with Gasteiger partial charge in [-0.2, -0.15) is 0 Å². The Morgan fingerprint density at radius 1 is 1.56 bits per heavy atom. The summed E-state index contributed by atoms with van der Waals surface area (Å²) in [5.41, 5.74) is 2.06. The second kappa shape index (κ2) is 5.42. The zero-order valence-electron chi connectivity index (χ0n) is 9.27. The molecule has 16 heavy (non-hydrogen) atoms. The number of nitrogens with zero attached hydrogens (tertiary/aromatic N) is 1. The van der Waals surface area contributed by atoms with Crippen LogP contribution in [0.3, 0.4) is 0 Å². The van der Waals surface area contributed by atoms with Gasteiger partial charge in [0.25, 0.3) is 0 Å². The molecule has 1 amide bonds. The number of carbonyl (C=O) groups excluding carboxylic acids is 1. The van der Waals surface area contributed by atoms with E-state index in [4.69, 9.17) is 5.21 Å². The molecule has 0 aliphatic heterocycles. The van der Waals surface area contributed by atoms with Crippen molar-refractivity contribution < 1.29 is 14.5 Å². The zero-order valence-corrected chi connectivity index (χ0v) is 9.27. The molecule has 0 heterocycles. The Morgan fingerprint density at radius 3 is 2.75 bits per heavy atom. The van der Waals surface area contributed by atoms with Crippen molar-refractivity contribution in [2.45, 2.75) is 20.3 Å². The second-order valence-electron chi connectivity index (χ2n) is 3.33. The number of hydroxylamine groups is 1. The first-order valence-electron chi connectivity index (χ1n) is 5.04. The van der Waals surface area contributed by atoms with Crippen LogP contribution < -0.4 is 0 Å². The van der Waals surface area contributed by atoms with E-state index in [2.05, 4.69) is 0 Å². The molecule has 4 heteroatoms. The van der Waals surface area contributed by atoms with Crippen LogP contribution in [0.25, 0.3) is 6.08 Å². The molecule has 0 saturated carbocycles. The topological polar surface area (TPSA) is 40.5 Å². The monoisotopic (exact) mass is 223 g/mol. The van der Waals surface area contributed by atoms with Gasteiger partial charge in [-0.15, -0.1) is 0 Å². The Morgan fingerprint density at radius 2 is 2.25 bits per heavy atom. The molecule has 0 unspecified atom stereocenters. The van der Waals surface area contributed by atoms with Crippen LogP contribution >= 0.6 is 0 Å². The molecule has 0 atom stereocenters. The van der Waals surface area contributed by atoms with Gasteiger partial charge < -0.3 is 0 Å². The molecule has 0 aliphatic rings. The Kier molecular flexibility index (Phi) is 4.19. The van der Waals surface area contributed by atoms with E-state index < -0.39 is 11.2 Å². The Bertz CT molecular complexity index is 413. The number of allylic oxidation sites excluding steroid dienone is 1. The highest BCUT2D eigenvalue weighted by molar-refractivity contribution is 5.93. The number of rotatable bonds is 3. The average Bonchev–Trinajstić information content (AvgIpc) is 2.29. The van der Waals surface area contributed by atoms with Gasteiger partial charge in [-0.3, -0.25) is 10.0 Å². The summed E-state index contributed by atoms with van der Waals surface area (Å²) in [5, 5.41) is 7.52. The summed E-state index contributed by atoms with van der Waals surface area (Å²) < 4.78 is 12.3. The fourth-order valence-corrected chi connectivity index (χ4v) is 1.49. The third kappa shape index (κ3) is 2.67. The van der Waals surface area contributed by atoms with Crippen molar-refractivity contribution in [1.29, 1.82) is 0 Å². The Labute approximate surface area is 93.7 Å². The molecule has 0 fully saturated rings. The van der Waals surface area contributed by atoms with Gasteiger partial charge in [-0.1, -0.05) is 29.6 Å². The van der Waals surface area contributed by atoms with Crippen LogP contribution in [-0.4, -0.2) is 16.4 Å². The molecule has 0 aromatic heterocycles. The molecule has 1 aromatic rings. The van der Waals surface area contributed by atoms with E-state index in [0.29, 0.717) is 0 Å². The molecule has 1 N–H and O–H groups in total. The van der Waals surface area contributed by atoms with Crippen molar-refractivity contribution >= 4 is 12.0 Å². The Hall–Kier alpha value is -1.68. The van der Waals surface area contributed by atoms with E-state index in [1.54, 1.807) is 12.1 Å². The van der Waals surface area contributed by atoms with E-state index >= 15 is 0 Å². The molecule has 0 saturated heterocycles. The van der Waals surface area contributed by atoms with Crippen LogP contribution in [0.5, 0.6) is 0 Å². The van der Waals surface area contributed by atoms with Crippen LogP contribution in [0, 0.1) is 0 Å². The van der Waals surface area contributed by atoms with Crippen LogP contribution in [-0.2, 0) is 6.42 Å². The minimum atomic E-state index is -1.05. The van der Waals surface area contributed by atoms with Crippen molar-refractivity contribution in [1.82, 2.24) is 5.29 Å². The average molecular weight is 223 g/mol. The van der Waals surface area contributed by atoms with Gasteiger partial charge >= 0.3 is 5.91 Å². The van der Waals surface area contributed by atoms with Gasteiger partial charge in [0, 0.05) is 5.56 Å². The van der Waals surface area contributed by atoms with Crippen molar-refractivity contribution in [3.63, 3.8) is 0 Å². The first kappa shape index (κ1) is 12.4. The highest BCUT2D eigenvalue weighted by Crippen LogP contribution is 2.16. The first-order valence-corrected chi connectivity index (χ1v) is 5.04. The molecule has 1 aromatic carbocycles. The highest BCUT2D eigenvalue weighted by atomic mass is 19.2. The largest absolute Gasteiger partial charge is 0.308 e. The lowest BCUT2D eigenvalue weighted by Crippen LogP contribution is -2.18. The SMILES string of the molecule is CC=Cc1ccc(C(=O)N(O)F)cc1CC. The molecular formula is C12H14FNO2. The smallest absolute Gasteiger partial charge is 0.264 e. The minimum Gasteiger partial charge on any atom is -0.264 e. The summed E-state index contributed by atoms with van der Waals surface area (Å²) >= 11 is 0. The maximum Gasteiger partial charge on any atom is 0.308 e. The normalized spacial score (nSPS) is 10.8. The molecule has 0 aliphatic carbocycles. The second-order valence-corrected chi connectivity index (χ2v) is 3.33. The van der Waals surface area contributed by atoms with Crippen LogP contribution in [0.15, 0.2) is 24.3 Å². The third-order valence-electron chi connectivity index (χ3n) is 2.28. The fraction of sp³-hybridized carbons (Fsp3) is 0.250. The van der Waals surface area contributed by atoms with Gasteiger partial charge in [-0.05, 0) is 41.9 Å². The molecule has 86 valence electrons. The predicted molar refractivity (Wildman–Crippen MR) is 59.6 cm³/mol. The zero-order chi connectivity index (χ0) is 12.1. The van der Waals surface area contributed by atoms with Crippen molar-refractivity contribution in [2.24, 2.45) is 0 Å². The number of halogens is 1. The quantitative estimate of drug-likeness (QED) is 0.486. The summed E-state index contributed by atoms with van der Waals surface area (Å²) in [7, 11) is 0. The number of hydrogen-bond acceptors (Lipinski definition) is 2. The molecule has 0 radical (unpaired) electrons. The number of benzene rings is 1. The van der Waals surface area contributed by atoms with Gasteiger partial charge in [-0.25, -0.2) is 0 Å². The number of carbonyl (C=O) groups is 1. The van der Waals surface area contributed by atoms with E-state index in [0.717, 1.165) is 17.5 Å². The molecule has 1 rings (SSSR count). The molecule has 3 nitrogen and oxygen atoms in total. The van der Waals surface area contributed by atoms with Crippen molar-refractivity contribution in [3.8, 4) is 0 Å². The summed E-state index contributed by atoms with van der Waals surface area (Å²) in [6.45, 7) is 3.85. The molecule has 0 bridgehead atoms. The van der Waals surface area contributed by atoms with E-state index in [9.17, 15) is 9.28 Å². The molecular weight excluding hydrogens is 209 g/mol. The first-order chi connectivity index (χ1) is 7.60.